The Balaban J connectivity index is 1.43. The van der Waals surface area contributed by atoms with E-state index in [0.29, 0.717) is 5.56 Å². The summed E-state index contributed by atoms with van der Waals surface area (Å²) in [5.74, 6) is 1.62. The molecule has 0 radical (unpaired) electrons. The molecule has 0 aliphatic carbocycles. The van der Waals surface area contributed by atoms with E-state index in [9.17, 15) is 4.79 Å². The van der Waals surface area contributed by atoms with Gasteiger partial charge >= 0.3 is 0 Å². The lowest BCUT2D eigenvalue weighted by Gasteiger charge is -2.29. The number of H-pyrrole nitrogens is 1. The normalized spacial score (nSPS) is 20.0. The molecule has 1 amide bonds. The van der Waals surface area contributed by atoms with Gasteiger partial charge in [0.05, 0.1) is 24.2 Å². The zero-order chi connectivity index (χ0) is 17.9. The molecule has 0 spiro atoms. The Bertz CT molecular complexity index is 871. The van der Waals surface area contributed by atoms with Crippen LogP contribution in [0.15, 0.2) is 48.5 Å². The molecule has 2 heterocycles. The summed E-state index contributed by atoms with van der Waals surface area (Å²) in [6, 6.07) is 15.4. The number of ether oxygens (including phenoxy) is 1. The van der Waals surface area contributed by atoms with Gasteiger partial charge in [-0.3, -0.25) is 4.79 Å². The van der Waals surface area contributed by atoms with Crippen LogP contribution in [0, 0.1) is 0 Å². The fourth-order valence-corrected chi connectivity index (χ4v) is 3.41. The molecular formula is C20H22N4O2. The number of nitrogens with zero attached hydrogens (tertiary/aromatic N) is 1. The van der Waals surface area contributed by atoms with E-state index >= 15 is 0 Å². The molecule has 2 atom stereocenters. The van der Waals surface area contributed by atoms with Gasteiger partial charge in [0.2, 0.25) is 0 Å². The van der Waals surface area contributed by atoms with Crippen LogP contribution < -0.4 is 15.4 Å². The first kappa shape index (κ1) is 16.6. The molecule has 6 nitrogen and oxygen atoms in total. The number of rotatable bonds is 4. The van der Waals surface area contributed by atoms with Crippen molar-refractivity contribution in [3.8, 4) is 5.75 Å². The van der Waals surface area contributed by atoms with Crippen LogP contribution >= 0.6 is 0 Å². The molecule has 2 aromatic carbocycles. The Hall–Kier alpha value is -2.86. The number of aromatic amines is 1. The number of carbonyl (C=O) groups is 1. The molecule has 4 rings (SSSR count). The SMILES string of the molecule is COc1ccc(C(=O)N[C@@H]2CCN[C@@H](c3nc4ccccc4[nH]3)C2)cc1. The van der Waals surface area contributed by atoms with Crippen LogP contribution in [0.3, 0.4) is 0 Å². The van der Waals surface area contributed by atoms with Crippen LogP contribution in [0.4, 0.5) is 0 Å². The zero-order valence-corrected chi connectivity index (χ0v) is 14.7. The van der Waals surface area contributed by atoms with Gasteiger partial charge in [0.1, 0.15) is 11.6 Å². The van der Waals surface area contributed by atoms with E-state index in [0.717, 1.165) is 42.0 Å². The molecule has 0 saturated carbocycles. The second-order valence-corrected chi connectivity index (χ2v) is 6.57. The van der Waals surface area contributed by atoms with Crippen molar-refractivity contribution in [1.29, 1.82) is 0 Å². The van der Waals surface area contributed by atoms with Gasteiger partial charge in [0, 0.05) is 11.6 Å². The van der Waals surface area contributed by atoms with E-state index in [2.05, 4.69) is 20.6 Å². The van der Waals surface area contributed by atoms with Crippen LogP contribution in [-0.4, -0.2) is 35.6 Å². The highest BCUT2D eigenvalue weighted by molar-refractivity contribution is 5.94. The number of carbonyl (C=O) groups excluding carboxylic acids is 1. The molecule has 1 aliphatic rings. The summed E-state index contributed by atoms with van der Waals surface area (Å²) in [6.07, 6.45) is 1.71. The molecule has 6 heteroatoms. The van der Waals surface area contributed by atoms with Crippen molar-refractivity contribution in [2.75, 3.05) is 13.7 Å². The minimum Gasteiger partial charge on any atom is -0.497 e. The number of aromatic nitrogens is 2. The van der Waals surface area contributed by atoms with E-state index in [1.807, 2.05) is 24.3 Å². The Morgan fingerprint density at radius 1 is 1.19 bits per heavy atom. The summed E-state index contributed by atoms with van der Waals surface area (Å²) in [6.45, 7) is 0.843. The first-order valence-corrected chi connectivity index (χ1v) is 8.86. The summed E-state index contributed by atoms with van der Waals surface area (Å²) in [5, 5.41) is 6.64. The summed E-state index contributed by atoms with van der Waals surface area (Å²) < 4.78 is 5.14. The van der Waals surface area contributed by atoms with Crippen molar-refractivity contribution in [2.45, 2.75) is 24.9 Å². The second kappa shape index (κ2) is 7.17. The predicted molar refractivity (Wildman–Crippen MR) is 100 cm³/mol. The van der Waals surface area contributed by atoms with Gasteiger partial charge in [-0.1, -0.05) is 12.1 Å². The summed E-state index contributed by atoms with van der Waals surface area (Å²) in [5.41, 5.74) is 2.65. The number of nitrogens with one attached hydrogen (secondary N) is 3. The number of para-hydroxylation sites is 2. The van der Waals surface area contributed by atoms with Crippen molar-refractivity contribution < 1.29 is 9.53 Å². The monoisotopic (exact) mass is 350 g/mol. The number of hydrogen-bond donors (Lipinski definition) is 3. The smallest absolute Gasteiger partial charge is 0.251 e. The van der Waals surface area contributed by atoms with E-state index in [4.69, 9.17) is 4.74 Å². The summed E-state index contributed by atoms with van der Waals surface area (Å²) in [4.78, 5) is 20.6. The standard InChI is InChI=1S/C20H22N4O2/c1-26-15-8-6-13(7-9-15)20(25)22-14-10-11-21-18(12-14)19-23-16-4-2-3-5-17(16)24-19/h2-9,14,18,21H,10-12H2,1H3,(H,22,25)(H,23,24)/t14-,18-/m1/s1. The number of hydrogen-bond acceptors (Lipinski definition) is 4. The van der Waals surface area contributed by atoms with Crippen LogP contribution in [0.25, 0.3) is 11.0 Å². The summed E-state index contributed by atoms with van der Waals surface area (Å²) >= 11 is 0. The molecule has 0 unspecified atom stereocenters. The third-order valence-electron chi connectivity index (χ3n) is 4.83. The molecule has 3 aromatic rings. The number of benzene rings is 2. The average molecular weight is 350 g/mol. The highest BCUT2D eigenvalue weighted by Crippen LogP contribution is 2.24. The van der Waals surface area contributed by atoms with Gasteiger partial charge < -0.3 is 20.4 Å². The van der Waals surface area contributed by atoms with Gasteiger partial charge in [-0.15, -0.1) is 0 Å². The molecule has 26 heavy (non-hydrogen) atoms. The van der Waals surface area contributed by atoms with E-state index in [1.54, 1.807) is 31.4 Å². The summed E-state index contributed by atoms with van der Waals surface area (Å²) in [7, 11) is 1.61. The number of imidazole rings is 1. The van der Waals surface area contributed by atoms with E-state index in [1.165, 1.54) is 0 Å². The first-order valence-electron chi connectivity index (χ1n) is 8.86. The molecule has 1 aromatic heterocycles. The Morgan fingerprint density at radius 2 is 2.00 bits per heavy atom. The molecule has 1 fully saturated rings. The Morgan fingerprint density at radius 3 is 2.77 bits per heavy atom. The van der Waals surface area contributed by atoms with Gasteiger partial charge in [-0.05, 0) is 55.8 Å². The van der Waals surface area contributed by atoms with Crippen molar-refractivity contribution in [3.05, 3.63) is 59.9 Å². The van der Waals surface area contributed by atoms with Crippen LogP contribution in [0.2, 0.25) is 0 Å². The highest BCUT2D eigenvalue weighted by Gasteiger charge is 2.26. The highest BCUT2D eigenvalue weighted by atomic mass is 16.5. The third kappa shape index (κ3) is 3.41. The lowest BCUT2D eigenvalue weighted by Crippen LogP contribution is -2.44. The van der Waals surface area contributed by atoms with Crippen LogP contribution in [0.5, 0.6) is 5.75 Å². The van der Waals surface area contributed by atoms with Crippen molar-refractivity contribution in [2.24, 2.45) is 0 Å². The molecule has 3 N–H and O–H groups in total. The lowest BCUT2D eigenvalue weighted by molar-refractivity contribution is 0.0924. The van der Waals surface area contributed by atoms with Crippen LogP contribution in [0.1, 0.15) is 35.1 Å². The van der Waals surface area contributed by atoms with Gasteiger partial charge in [0.15, 0.2) is 0 Å². The third-order valence-corrected chi connectivity index (χ3v) is 4.83. The lowest BCUT2D eigenvalue weighted by atomic mass is 9.98. The number of fused-ring (bicyclic) bond motifs is 1. The van der Waals surface area contributed by atoms with E-state index < -0.39 is 0 Å². The van der Waals surface area contributed by atoms with Crippen molar-refractivity contribution >= 4 is 16.9 Å². The van der Waals surface area contributed by atoms with Crippen LogP contribution in [-0.2, 0) is 0 Å². The minimum absolute atomic E-state index is 0.0529. The zero-order valence-electron chi connectivity index (χ0n) is 14.7. The fraction of sp³-hybridized carbons (Fsp3) is 0.300. The maximum absolute atomic E-state index is 12.5. The van der Waals surface area contributed by atoms with Gasteiger partial charge in [0.25, 0.3) is 5.91 Å². The second-order valence-electron chi connectivity index (χ2n) is 6.57. The van der Waals surface area contributed by atoms with Gasteiger partial charge in [-0.2, -0.15) is 0 Å². The van der Waals surface area contributed by atoms with Crippen molar-refractivity contribution in [1.82, 2.24) is 20.6 Å². The molecule has 134 valence electrons. The first-order chi connectivity index (χ1) is 12.7. The van der Waals surface area contributed by atoms with Crippen molar-refractivity contribution in [3.63, 3.8) is 0 Å². The Labute approximate surface area is 152 Å². The van der Waals surface area contributed by atoms with Gasteiger partial charge in [-0.25, -0.2) is 4.98 Å². The Kier molecular flexibility index (Phi) is 4.58. The number of piperidine rings is 1. The quantitative estimate of drug-likeness (QED) is 0.676. The molecule has 1 aliphatic heterocycles. The number of methoxy groups -OCH3 is 1. The topological polar surface area (TPSA) is 79.0 Å². The molecule has 1 saturated heterocycles. The maximum Gasteiger partial charge on any atom is 0.251 e. The van der Waals surface area contributed by atoms with E-state index in [-0.39, 0.29) is 18.0 Å². The number of amides is 1. The average Bonchev–Trinajstić information content (AvgIpc) is 3.12. The largest absolute Gasteiger partial charge is 0.497 e. The predicted octanol–water partition coefficient (Wildman–Crippen LogP) is 2.79. The molecule has 0 bridgehead atoms. The maximum atomic E-state index is 12.5. The molecular weight excluding hydrogens is 328 g/mol. The minimum atomic E-state index is -0.0529. The fourth-order valence-electron chi connectivity index (χ4n) is 3.41.